The maximum Gasteiger partial charge on any atom is 0.328 e. The van der Waals surface area contributed by atoms with Crippen molar-refractivity contribution in [3.63, 3.8) is 0 Å². The first-order valence-corrected chi connectivity index (χ1v) is 6.46. The van der Waals surface area contributed by atoms with Gasteiger partial charge < -0.3 is 10.5 Å². The molecular weight excluding hydrogens is 261 g/mol. The number of sulfone groups is 1. The highest BCUT2D eigenvalue weighted by Crippen LogP contribution is 2.34. The number of fused-ring (bicyclic) bond motifs is 1. The van der Waals surface area contributed by atoms with E-state index in [-0.39, 0.29) is 15.4 Å². The number of carbonyl (C=O) groups excluding carboxylic acids is 1. The molecule has 0 aromatic heterocycles. The minimum absolute atomic E-state index is 0.0572. The normalized spacial score (nSPS) is 17.8. The fraction of sp³-hybridized carbons (Fsp3) is 0.182. The van der Waals surface area contributed by atoms with Crippen LogP contribution >= 0.6 is 0 Å². The molecule has 1 aliphatic rings. The van der Waals surface area contributed by atoms with E-state index in [1.54, 1.807) is 0 Å². The van der Waals surface area contributed by atoms with E-state index < -0.39 is 27.7 Å². The molecule has 7 heteroatoms. The van der Waals surface area contributed by atoms with Gasteiger partial charge in [-0.2, -0.15) is 0 Å². The van der Waals surface area contributed by atoms with Crippen molar-refractivity contribution in [3.8, 4) is 0 Å². The van der Waals surface area contributed by atoms with Crippen LogP contribution in [0.5, 0.6) is 0 Å². The maximum absolute atomic E-state index is 13.0. The maximum atomic E-state index is 13.0. The molecule has 0 spiro atoms. The second-order valence-electron chi connectivity index (χ2n) is 3.73. The number of rotatable bonds is 2. The Morgan fingerprint density at radius 2 is 2.11 bits per heavy atom. The average molecular weight is 271 g/mol. The van der Waals surface area contributed by atoms with Crippen molar-refractivity contribution in [2.24, 2.45) is 5.73 Å². The van der Waals surface area contributed by atoms with E-state index in [1.807, 2.05) is 0 Å². The molecule has 1 heterocycles. The quantitative estimate of drug-likeness (QED) is 0.623. The van der Waals surface area contributed by atoms with Gasteiger partial charge in [0.15, 0.2) is 0 Å². The predicted molar refractivity (Wildman–Crippen MR) is 61.6 cm³/mol. The zero-order valence-electron chi connectivity index (χ0n) is 9.38. The predicted octanol–water partition coefficient (Wildman–Crippen LogP) is 0.454. The molecule has 18 heavy (non-hydrogen) atoms. The fourth-order valence-electron chi connectivity index (χ4n) is 1.73. The van der Waals surface area contributed by atoms with Crippen molar-refractivity contribution in [2.75, 3.05) is 7.11 Å². The van der Waals surface area contributed by atoms with Crippen LogP contribution in [0.2, 0.25) is 0 Å². The first-order valence-electron chi connectivity index (χ1n) is 4.97. The molecule has 0 aliphatic carbocycles. The lowest BCUT2D eigenvalue weighted by Gasteiger charge is -2.10. The van der Waals surface area contributed by atoms with Gasteiger partial charge in [0.2, 0.25) is 9.84 Å². The van der Waals surface area contributed by atoms with Crippen molar-refractivity contribution in [1.29, 1.82) is 0 Å². The topological polar surface area (TPSA) is 86.5 Å². The molecule has 1 unspecified atom stereocenters. The molecule has 0 radical (unpaired) electrons. The lowest BCUT2D eigenvalue weighted by Crippen LogP contribution is -2.35. The Hall–Kier alpha value is -1.73. The highest BCUT2D eigenvalue weighted by atomic mass is 32.2. The largest absolute Gasteiger partial charge is 0.468 e. The first-order chi connectivity index (χ1) is 8.37. The van der Waals surface area contributed by atoms with Gasteiger partial charge in [-0.25, -0.2) is 17.6 Å². The van der Waals surface area contributed by atoms with Crippen molar-refractivity contribution >= 4 is 21.9 Å². The monoisotopic (exact) mass is 271 g/mol. The van der Waals surface area contributed by atoms with Crippen molar-refractivity contribution in [1.82, 2.24) is 0 Å². The van der Waals surface area contributed by atoms with E-state index in [1.165, 1.54) is 6.08 Å². The van der Waals surface area contributed by atoms with Crippen LogP contribution in [0.25, 0.3) is 6.08 Å². The zero-order valence-corrected chi connectivity index (χ0v) is 10.2. The van der Waals surface area contributed by atoms with Crippen molar-refractivity contribution < 1.29 is 22.3 Å². The summed E-state index contributed by atoms with van der Waals surface area (Å²) in [5, 5.41) is 0. The Morgan fingerprint density at radius 3 is 2.72 bits per heavy atom. The Bertz CT molecular complexity index is 651. The summed E-state index contributed by atoms with van der Waals surface area (Å²) in [7, 11) is -2.74. The molecule has 0 saturated carbocycles. The molecular formula is C11H10FNO4S. The van der Waals surface area contributed by atoms with Crippen LogP contribution in [0.4, 0.5) is 4.39 Å². The van der Waals surface area contributed by atoms with Crippen LogP contribution in [-0.4, -0.2) is 27.5 Å². The van der Waals surface area contributed by atoms with E-state index >= 15 is 0 Å². The summed E-state index contributed by atoms with van der Waals surface area (Å²) >= 11 is 0. The Balaban J connectivity index is 2.54. The van der Waals surface area contributed by atoms with E-state index in [9.17, 15) is 17.6 Å². The smallest absolute Gasteiger partial charge is 0.328 e. The van der Waals surface area contributed by atoms with Crippen molar-refractivity contribution in [2.45, 2.75) is 10.9 Å². The fourth-order valence-corrected chi connectivity index (χ4v) is 3.38. The van der Waals surface area contributed by atoms with Gasteiger partial charge in [-0.15, -0.1) is 0 Å². The SMILES string of the molecule is COC(=O)C(N)C1=Cc2cc(F)ccc2S1(=O)=O. The van der Waals surface area contributed by atoms with Gasteiger partial charge in [-0.3, -0.25) is 0 Å². The summed E-state index contributed by atoms with van der Waals surface area (Å²) in [5.74, 6) is -1.42. The third-order valence-corrected chi connectivity index (χ3v) is 4.57. The highest BCUT2D eigenvalue weighted by Gasteiger charge is 2.36. The van der Waals surface area contributed by atoms with Gasteiger partial charge in [0.1, 0.15) is 11.9 Å². The zero-order chi connectivity index (χ0) is 13.5. The standard InChI is InChI=1S/C11H10FNO4S/c1-17-11(14)10(13)9-5-6-4-7(12)2-3-8(6)18(9,15)16/h2-5,10H,13H2,1H3. The van der Waals surface area contributed by atoms with Crippen LogP contribution in [0.3, 0.4) is 0 Å². The highest BCUT2D eigenvalue weighted by molar-refractivity contribution is 7.96. The van der Waals surface area contributed by atoms with E-state index in [0.29, 0.717) is 0 Å². The van der Waals surface area contributed by atoms with Crippen LogP contribution < -0.4 is 5.73 Å². The minimum atomic E-state index is -3.85. The second-order valence-corrected chi connectivity index (χ2v) is 5.65. The first kappa shape index (κ1) is 12.7. The summed E-state index contributed by atoms with van der Waals surface area (Å²) < 4.78 is 41.6. The van der Waals surface area contributed by atoms with Crippen LogP contribution in [0, 0.1) is 5.82 Å². The number of hydrogen-bond acceptors (Lipinski definition) is 5. The summed E-state index contributed by atoms with van der Waals surface area (Å²) in [6, 6.07) is 1.85. The second kappa shape index (κ2) is 4.18. The molecule has 2 N–H and O–H groups in total. The van der Waals surface area contributed by atoms with Gasteiger partial charge in [0, 0.05) is 0 Å². The number of esters is 1. The van der Waals surface area contributed by atoms with Crippen LogP contribution in [-0.2, 0) is 19.4 Å². The number of methoxy groups -OCH3 is 1. The van der Waals surface area contributed by atoms with E-state index in [0.717, 1.165) is 25.3 Å². The average Bonchev–Trinajstić information content (AvgIpc) is 2.58. The van der Waals surface area contributed by atoms with Gasteiger partial charge in [-0.1, -0.05) is 0 Å². The Labute approximate surface area is 103 Å². The number of nitrogens with two attached hydrogens (primary N) is 1. The van der Waals surface area contributed by atoms with E-state index in [4.69, 9.17) is 5.73 Å². The Kier molecular flexibility index (Phi) is 2.95. The van der Waals surface area contributed by atoms with Gasteiger partial charge in [-0.05, 0) is 29.8 Å². The van der Waals surface area contributed by atoms with Gasteiger partial charge in [0.25, 0.3) is 0 Å². The van der Waals surface area contributed by atoms with Gasteiger partial charge in [0.05, 0.1) is 16.9 Å². The summed E-state index contributed by atoms with van der Waals surface area (Å²) in [5.41, 5.74) is 5.69. The van der Waals surface area contributed by atoms with Crippen LogP contribution in [0.1, 0.15) is 5.56 Å². The molecule has 0 fully saturated rings. The lowest BCUT2D eigenvalue weighted by atomic mass is 10.2. The Morgan fingerprint density at radius 1 is 1.44 bits per heavy atom. The number of halogens is 1. The number of hydrogen-bond donors (Lipinski definition) is 1. The van der Waals surface area contributed by atoms with Crippen molar-refractivity contribution in [3.05, 3.63) is 34.5 Å². The molecule has 1 aliphatic heterocycles. The molecule has 1 aromatic carbocycles. The molecule has 0 bridgehead atoms. The molecule has 2 rings (SSSR count). The summed E-state index contributed by atoms with van der Waals surface area (Å²) in [4.78, 5) is 10.9. The third kappa shape index (κ3) is 1.81. The lowest BCUT2D eigenvalue weighted by molar-refractivity contribution is -0.141. The van der Waals surface area contributed by atoms with Crippen LogP contribution in [0.15, 0.2) is 28.0 Å². The summed E-state index contributed by atoms with van der Waals surface area (Å²) in [6.45, 7) is 0. The van der Waals surface area contributed by atoms with Gasteiger partial charge >= 0.3 is 5.97 Å². The minimum Gasteiger partial charge on any atom is -0.468 e. The summed E-state index contributed by atoms with van der Waals surface area (Å²) in [6.07, 6.45) is 1.19. The molecule has 96 valence electrons. The third-order valence-electron chi connectivity index (χ3n) is 2.63. The number of ether oxygens (including phenoxy) is 1. The number of carbonyl (C=O) groups is 1. The number of benzene rings is 1. The molecule has 0 saturated heterocycles. The molecule has 5 nitrogen and oxygen atoms in total. The molecule has 1 atom stereocenters. The molecule has 0 amide bonds. The molecule has 1 aromatic rings. The van der Waals surface area contributed by atoms with E-state index in [2.05, 4.69) is 4.74 Å².